The van der Waals surface area contributed by atoms with Gasteiger partial charge >= 0.3 is 0 Å². The highest BCUT2D eigenvalue weighted by atomic mass is 19.1. The van der Waals surface area contributed by atoms with E-state index in [1.165, 1.54) is 29.3 Å². The first-order valence-corrected chi connectivity index (χ1v) is 7.05. The predicted molar refractivity (Wildman–Crippen MR) is 80.2 cm³/mol. The molecule has 2 amide bonds. The number of fused-ring (bicyclic) bond motifs is 1. The number of anilines is 2. The maximum Gasteiger partial charge on any atom is 0.263 e. The molecule has 2 aromatic rings. The number of hydrogen-bond donors (Lipinski definition) is 0. The molecule has 1 fully saturated rings. The van der Waals surface area contributed by atoms with Crippen molar-refractivity contribution < 1.29 is 14.0 Å². The van der Waals surface area contributed by atoms with Crippen molar-refractivity contribution >= 4 is 23.2 Å². The molecule has 2 atom stereocenters. The van der Waals surface area contributed by atoms with Gasteiger partial charge in [-0.25, -0.2) is 14.3 Å². The molecule has 2 aromatic carbocycles. The summed E-state index contributed by atoms with van der Waals surface area (Å²) >= 11 is 0. The molecule has 23 heavy (non-hydrogen) atoms. The Kier molecular flexibility index (Phi) is 2.94. The van der Waals surface area contributed by atoms with E-state index in [1.54, 1.807) is 12.1 Å². The molecule has 0 unspecified atom stereocenters. The number of imide groups is 1. The van der Waals surface area contributed by atoms with Crippen molar-refractivity contribution in [3.63, 3.8) is 0 Å². The van der Waals surface area contributed by atoms with Gasteiger partial charge < -0.3 is 0 Å². The number of carbonyl (C=O) groups excluding carboxylic acids is 2. The van der Waals surface area contributed by atoms with Crippen molar-refractivity contribution in [1.29, 1.82) is 0 Å². The van der Waals surface area contributed by atoms with E-state index in [1.807, 2.05) is 18.2 Å². The van der Waals surface area contributed by atoms with Crippen LogP contribution in [-0.4, -0.2) is 23.9 Å². The van der Waals surface area contributed by atoms with Crippen LogP contribution in [0.5, 0.6) is 0 Å². The normalized spacial score (nSPS) is 22.8. The zero-order valence-corrected chi connectivity index (χ0v) is 11.8. The minimum absolute atomic E-state index is 0.332. The van der Waals surface area contributed by atoms with E-state index in [4.69, 9.17) is 0 Å². The van der Waals surface area contributed by atoms with Gasteiger partial charge in [-0.3, -0.25) is 9.59 Å². The molecule has 0 saturated carbocycles. The van der Waals surface area contributed by atoms with E-state index in [2.05, 4.69) is 10.3 Å². The molecule has 2 aliphatic heterocycles. The SMILES string of the molecule is O=C1[C@@H]2[C@@H](N=NN2c2ccccc2)C(=O)N1c1ccc(F)cc1. The summed E-state index contributed by atoms with van der Waals surface area (Å²) in [5.41, 5.74) is 1.02. The third-order valence-corrected chi connectivity index (χ3v) is 3.89. The van der Waals surface area contributed by atoms with Gasteiger partial charge in [-0.1, -0.05) is 23.4 Å². The van der Waals surface area contributed by atoms with E-state index < -0.39 is 29.7 Å². The van der Waals surface area contributed by atoms with E-state index >= 15 is 0 Å². The number of amides is 2. The second-order valence-electron chi connectivity index (χ2n) is 5.26. The third-order valence-electron chi connectivity index (χ3n) is 3.89. The molecule has 0 aliphatic carbocycles. The Balaban J connectivity index is 1.70. The second-order valence-corrected chi connectivity index (χ2v) is 5.26. The highest BCUT2D eigenvalue weighted by Gasteiger charge is 2.55. The van der Waals surface area contributed by atoms with Gasteiger partial charge in [-0.05, 0) is 36.4 Å². The minimum atomic E-state index is -0.868. The van der Waals surface area contributed by atoms with Crippen LogP contribution in [0, 0.1) is 5.82 Å². The zero-order chi connectivity index (χ0) is 16.0. The standard InChI is InChI=1S/C16H11FN4O2/c17-10-6-8-11(9-7-10)20-15(22)13-14(16(20)23)21(19-18-13)12-4-2-1-3-5-12/h1-9,13-14H/t13-,14+/m1/s1. The Morgan fingerprint density at radius 3 is 2.26 bits per heavy atom. The van der Waals surface area contributed by atoms with Crippen LogP contribution in [0.1, 0.15) is 0 Å². The van der Waals surface area contributed by atoms with Gasteiger partial charge in [0.25, 0.3) is 11.8 Å². The number of nitrogens with zero attached hydrogens (tertiary/aromatic N) is 4. The quantitative estimate of drug-likeness (QED) is 0.800. The fourth-order valence-electron chi connectivity index (χ4n) is 2.80. The van der Waals surface area contributed by atoms with Crippen LogP contribution in [0.25, 0.3) is 0 Å². The number of benzene rings is 2. The van der Waals surface area contributed by atoms with E-state index in [0.717, 1.165) is 4.90 Å². The van der Waals surface area contributed by atoms with E-state index in [0.29, 0.717) is 11.4 Å². The summed E-state index contributed by atoms with van der Waals surface area (Å²) < 4.78 is 13.1. The average Bonchev–Trinajstić information content (AvgIpc) is 3.11. The molecule has 0 N–H and O–H groups in total. The number of rotatable bonds is 2. The van der Waals surface area contributed by atoms with Crippen LogP contribution in [0.3, 0.4) is 0 Å². The summed E-state index contributed by atoms with van der Waals surface area (Å²) in [5, 5.41) is 9.36. The average molecular weight is 310 g/mol. The minimum Gasteiger partial charge on any atom is -0.271 e. The number of carbonyl (C=O) groups is 2. The maximum absolute atomic E-state index is 13.1. The third kappa shape index (κ3) is 2.01. The molecule has 114 valence electrons. The molecule has 0 aromatic heterocycles. The molecule has 4 rings (SSSR count). The van der Waals surface area contributed by atoms with Gasteiger partial charge in [0, 0.05) is 0 Å². The first-order chi connectivity index (χ1) is 11.2. The summed E-state index contributed by atoms with van der Waals surface area (Å²) in [6.07, 6.45) is 0. The fourth-order valence-corrected chi connectivity index (χ4v) is 2.80. The van der Waals surface area contributed by atoms with Crippen molar-refractivity contribution in [2.45, 2.75) is 12.1 Å². The molecule has 0 bridgehead atoms. The summed E-state index contributed by atoms with van der Waals surface area (Å²) in [6, 6.07) is 12.6. The van der Waals surface area contributed by atoms with Gasteiger partial charge in [0.15, 0.2) is 12.1 Å². The smallest absolute Gasteiger partial charge is 0.263 e. The van der Waals surface area contributed by atoms with Crippen LogP contribution < -0.4 is 9.91 Å². The highest BCUT2D eigenvalue weighted by molar-refractivity contribution is 6.26. The number of halogens is 1. The van der Waals surface area contributed by atoms with E-state index in [9.17, 15) is 14.0 Å². The van der Waals surface area contributed by atoms with Crippen LogP contribution >= 0.6 is 0 Å². The van der Waals surface area contributed by atoms with Gasteiger partial charge in [0.2, 0.25) is 0 Å². The molecule has 0 radical (unpaired) electrons. The largest absolute Gasteiger partial charge is 0.271 e. The van der Waals surface area contributed by atoms with Gasteiger partial charge in [0.1, 0.15) is 5.82 Å². The lowest BCUT2D eigenvalue weighted by molar-refractivity contribution is -0.121. The Morgan fingerprint density at radius 2 is 1.57 bits per heavy atom. The molecule has 0 spiro atoms. The van der Waals surface area contributed by atoms with Crippen LogP contribution in [0.4, 0.5) is 15.8 Å². The summed E-state index contributed by atoms with van der Waals surface area (Å²) in [6.45, 7) is 0. The van der Waals surface area contributed by atoms with Gasteiger partial charge in [0.05, 0.1) is 11.4 Å². The lowest BCUT2D eigenvalue weighted by atomic mass is 10.1. The number of hydrogen-bond acceptors (Lipinski definition) is 5. The molecular weight excluding hydrogens is 299 g/mol. The summed E-state index contributed by atoms with van der Waals surface area (Å²) in [7, 11) is 0. The first kappa shape index (κ1) is 13.6. The van der Waals surface area contributed by atoms with Gasteiger partial charge in [-0.2, -0.15) is 5.11 Å². The lowest BCUT2D eigenvalue weighted by Gasteiger charge is -2.20. The van der Waals surface area contributed by atoms with Crippen molar-refractivity contribution in [2.75, 3.05) is 9.91 Å². The Bertz CT molecular complexity index is 807. The monoisotopic (exact) mass is 310 g/mol. The Hall–Kier alpha value is -3.09. The maximum atomic E-state index is 13.1. The van der Waals surface area contributed by atoms with Crippen LogP contribution in [-0.2, 0) is 9.59 Å². The molecular formula is C16H11FN4O2. The Morgan fingerprint density at radius 1 is 0.870 bits per heavy atom. The van der Waals surface area contributed by atoms with Crippen molar-refractivity contribution in [3.05, 3.63) is 60.4 Å². The topological polar surface area (TPSA) is 65.3 Å². The molecule has 6 nitrogen and oxygen atoms in total. The Labute approximate surface area is 130 Å². The van der Waals surface area contributed by atoms with Crippen LogP contribution in [0.15, 0.2) is 64.9 Å². The number of para-hydroxylation sites is 1. The molecule has 2 heterocycles. The van der Waals surface area contributed by atoms with Gasteiger partial charge in [-0.15, -0.1) is 0 Å². The second kappa shape index (κ2) is 4.98. The highest BCUT2D eigenvalue weighted by Crippen LogP contribution is 2.34. The molecule has 7 heteroatoms. The van der Waals surface area contributed by atoms with Crippen LogP contribution in [0.2, 0.25) is 0 Å². The first-order valence-electron chi connectivity index (χ1n) is 7.05. The molecule has 1 saturated heterocycles. The van der Waals surface area contributed by atoms with E-state index in [-0.39, 0.29) is 0 Å². The lowest BCUT2D eigenvalue weighted by Crippen LogP contribution is -2.39. The fraction of sp³-hybridized carbons (Fsp3) is 0.125. The van der Waals surface area contributed by atoms with Crippen molar-refractivity contribution in [3.8, 4) is 0 Å². The zero-order valence-electron chi connectivity index (χ0n) is 11.8. The summed E-state index contributed by atoms with van der Waals surface area (Å²) in [5.74, 6) is -1.30. The predicted octanol–water partition coefficient (Wildman–Crippen LogP) is 2.32. The van der Waals surface area contributed by atoms with Crippen molar-refractivity contribution in [2.24, 2.45) is 10.3 Å². The van der Waals surface area contributed by atoms with Crippen molar-refractivity contribution in [1.82, 2.24) is 0 Å². The molecule has 2 aliphatic rings. The summed E-state index contributed by atoms with van der Waals surface area (Å²) in [4.78, 5) is 26.3.